The van der Waals surface area contributed by atoms with Crippen molar-refractivity contribution in [1.29, 1.82) is 0 Å². The zero-order valence-electron chi connectivity index (χ0n) is 16.4. The molecule has 2 fully saturated rings. The Labute approximate surface area is 176 Å². The van der Waals surface area contributed by atoms with Gasteiger partial charge in [-0.25, -0.2) is 21.8 Å². The Morgan fingerprint density at radius 1 is 1.28 bits per heavy atom. The molecule has 162 valence electrons. The van der Waals surface area contributed by atoms with Crippen LogP contribution in [0.3, 0.4) is 0 Å². The Hall–Kier alpha value is -1.21. The number of amides is 1. The Morgan fingerprint density at radius 2 is 1.97 bits per heavy atom. The number of hydrogen-bond donors (Lipinski definition) is 1. The summed E-state index contributed by atoms with van der Waals surface area (Å²) >= 11 is 1.20. The third-order valence-electron chi connectivity index (χ3n) is 5.05. The van der Waals surface area contributed by atoms with Crippen molar-refractivity contribution in [1.82, 2.24) is 19.5 Å². The number of carbonyl (C=O) groups is 1. The molecule has 0 spiro atoms. The molecule has 0 radical (unpaired) electrons. The first-order valence-corrected chi connectivity index (χ1v) is 13.5. The number of likely N-dealkylation sites (N-methyl/N-ethyl adjacent to an activating group) is 1. The van der Waals surface area contributed by atoms with Crippen LogP contribution < -0.4 is 5.32 Å². The van der Waals surface area contributed by atoms with Crippen LogP contribution in [-0.4, -0.2) is 93.0 Å². The summed E-state index contributed by atoms with van der Waals surface area (Å²) in [5.41, 5.74) is 0. The summed E-state index contributed by atoms with van der Waals surface area (Å²) in [6.07, 6.45) is 1.76. The van der Waals surface area contributed by atoms with Crippen molar-refractivity contribution < 1.29 is 21.6 Å². The van der Waals surface area contributed by atoms with Gasteiger partial charge in [-0.2, -0.15) is 4.31 Å². The van der Waals surface area contributed by atoms with Crippen LogP contribution in [0.15, 0.2) is 28.3 Å². The first-order valence-electron chi connectivity index (χ1n) is 9.39. The molecule has 0 bridgehead atoms. The maximum Gasteiger partial charge on any atom is 0.244 e. The van der Waals surface area contributed by atoms with Crippen LogP contribution in [0, 0.1) is 0 Å². The van der Waals surface area contributed by atoms with Gasteiger partial charge in [-0.1, -0.05) is 11.8 Å². The molecule has 0 aromatic carbocycles. The molecule has 1 amide bonds. The predicted molar refractivity (Wildman–Crippen MR) is 111 cm³/mol. The van der Waals surface area contributed by atoms with Crippen LogP contribution in [0.1, 0.15) is 13.3 Å². The van der Waals surface area contributed by atoms with E-state index in [0.29, 0.717) is 37.6 Å². The van der Waals surface area contributed by atoms with Crippen LogP contribution in [-0.2, 0) is 24.7 Å². The molecule has 3 heterocycles. The first-order chi connectivity index (χ1) is 13.6. The van der Waals surface area contributed by atoms with Gasteiger partial charge in [0.25, 0.3) is 0 Å². The van der Waals surface area contributed by atoms with Gasteiger partial charge in [0.1, 0.15) is 4.90 Å². The standard InChI is InChI=1S/C17H26N4O5S3/c1-13(17(22)19-14-5-10-28(23,24)12-14)27-16-4-3-15(11-18-16)29(25,26)21-8-6-20(2)7-9-21/h3-4,11,13-14H,5-10,12H2,1-2H3,(H,19,22). The lowest BCUT2D eigenvalue weighted by Gasteiger charge is -2.31. The number of hydrogen-bond acceptors (Lipinski definition) is 8. The summed E-state index contributed by atoms with van der Waals surface area (Å²) in [5.74, 6) is -0.176. The maximum atomic E-state index is 12.7. The molecule has 2 aliphatic rings. The second kappa shape index (κ2) is 8.88. The van der Waals surface area contributed by atoms with Gasteiger partial charge < -0.3 is 10.2 Å². The van der Waals surface area contributed by atoms with Crippen molar-refractivity contribution in [3.05, 3.63) is 18.3 Å². The molecule has 0 saturated carbocycles. The molecule has 1 aromatic heterocycles. The van der Waals surface area contributed by atoms with Gasteiger partial charge in [-0.05, 0) is 32.5 Å². The summed E-state index contributed by atoms with van der Waals surface area (Å²) < 4.78 is 49.9. The van der Waals surface area contributed by atoms with E-state index in [4.69, 9.17) is 0 Å². The van der Waals surface area contributed by atoms with Gasteiger partial charge in [-0.15, -0.1) is 0 Å². The van der Waals surface area contributed by atoms with E-state index in [9.17, 15) is 21.6 Å². The number of thioether (sulfide) groups is 1. The van der Waals surface area contributed by atoms with Gasteiger partial charge in [0.15, 0.2) is 9.84 Å². The van der Waals surface area contributed by atoms with E-state index in [0.717, 1.165) is 0 Å². The minimum atomic E-state index is -3.58. The van der Waals surface area contributed by atoms with E-state index in [2.05, 4.69) is 15.2 Å². The molecule has 0 aliphatic carbocycles. The van der Waals surface area contributed by atoms with Crippen molar-refractivity contribution in [3.8, 4) is 0 Å². The van der Waals surface area contributed by atoms with Gasteiger partial charge in [0.2, 0.25) is 15.9 Å². The van der Waals surface area contributed by atoms with E-state index in [1.165, 1.54) is 28.3 Å². The van der Waals surface area contributed by atoms with Crippen LogP contribution in [0.5, 0.6) is 0 Å². The molecule has 29 heavy (non-hydrogen) atoms. The molecule has 2 atom stereocenters. The molecule has 9 nitrogen and oxygen atoms in total. The summed E-state index contributed by atoms with van der Waals surface area (Å²) in [4.78, 5) is 18.7. The monoisotopic (exact) mass is 462 g/mol. The Balaban J connectivity index is 1.58. The minimum Gasteiger partial charge on any atom is -0.351 e. The van der Waals surface area contributed by atoms with E-state index in [1.807, 2.05) is 7.05 Å². The lowest BCUT2D eigenvalue weighted by Crippen LogP contribution is -2.47. The van der Waals surface area contributed by atoms with Gasteiger partial charge in [0.05, 0.1) is 21.8 Å². The number of pyridine rings is 1. The fourth-order valence-corrected chi connectivity index (χ4v) is 7.07. The number of nitrogens with one attached hydrogen (secondary N) is 1. The normalized spacial score (nSPS) is 24.3. The first kappa shape index (κ1) is 22.5. The van der Waals surface area contributed by atoms with E-state index in [-0.39, 0.29) is 28.4 Å². The predicted octanol–water partition coefficient (Wildman–Crippen LogP) is -0.198. The van der Waals surface area contributed by atoms with Gasteiger partial charge in [0, 0.05) is 38.4 Å². The number of aromatic nitrogens is 1. The van der Waals surface area contributed by atoms with Crippen LogP contribution in [0.4, 0.5) is 0 Å². The van der Waals surface area contributed by atoms with Crippen molar-refractivity contribution in [2.24, 2.45) is 0 Å². The lowest BCUT2D eigenvalue weighted by atomic mass is 10.2. The summed E-state index contributed by atoms with van der Waals surface area (Å²) in [6, 6.07) is 2.76. The van der Waals surface area contributed by atoms with Crippen molar-refractivity contribution in [2.75, 3.05) is 44.7 Å². The third kappa shape index (κ3) is 5.69. The lowest BCUT2D eigenvalue weighted by molar-refractivity contribution is -0.120. The maximum absolute atomic E-state index is 12.7. The van der Waals surface area contributed by atoms with Crippen LogP contribution >= 0.6 is 11.8 Å². The highest BCUT2D eigenvalue weighted by Crippen LogP contribution is 2.24. The highest BCUT2D eigenvalue weighted by molar-refractivity contribution is 8.00. The molecular formula is C17H26N4O5S3. The number of rotatable bonds is 6. The van der Waals surface area contributed by atoms with Gasteiger partial charge in [-0.3, -0.25) is 4.79 Å². The number of carbonyl (C=O) groups excluding carboxylic acids is 1. The largest absolute Gasteiger partial charge is 0.351 e. The van der Waals surface area contributed by atoms with Crippen molar-refractivity contribution in [3.63, 3.8) is 0 Å². The van der Waals surface area contributed by atoms with Crippen molar-refractivity contribution >= 4 is 37.5 Å². The molecule has 2 aliphatic heterocycles. The third-order valence-corrected chi connectivity index (χ3v) is 9.76. The smallest absolute Gasteiger partial charge is 0.244 e. The van der Waals surface area contributed by atoms with Crippen molar-refractivity contribution in [2.45, 2.75) is 34.6 Å². The SMILES string of the molecule is CC(Sc1ccc(S(=O)(=O)N2CCN(C)CC2)cn1)C(=O)NC1CCS(=O)(=O)C1. The van der Waals surface area contributed by atoms with E-state index < -0.39 is 25.1 Å². The second-order valence-corrected chi connectivity index (χ2v) is 12.9. The molecule has 1 N–H and O–H groups in total. The minimum absolute atomic E-state index is 0.0206. The fraction of sp³-hybridized carbons (Fsp3) is 0.647. The molecule has 2 unspecified atom stereocenters. The zero-order chi connectivity index (χ0) is 21.2. The highest BCUT2D eigenvalue weighted by Gasteiger charge is 2.31. The highest BCUT2D eigenvalue weighted by atomic mass is 32.2. The zero-order valence-corrected chi connectivity index (χ0v) is 18.9. The molecule has 12 heteroatoms. The van der Waals surface area contributed by atoms with E-state index >= 15 is 0 Å². The number of sulfone groups is 1. The molecule has 3 rings (SSSR count). The average molecular weight is 463 g/mol. The van der Waals surface area contributed by atoms with Gasteiger partial charge >= 0.3 is 0 Å². The van der Waals surface area contributed by atoms with E-state index in [1.54, 1.807) is 13.0 Å². The fourth-order valence-electron chi connectivity index (χ4n) is 3.23. The summed E-state index contributed by atoms with van der Waals surface area (Å²) in [6.45, 7) is 3.98. The quantitative estimate of drug-likeness (QED) is 0.578. The Kier molecular flexibility index (Phi) is 6.88. The number of sulfonamides is 1. The second-order valence-electron chi connectivity index (χ2n) is 7.41. The number of piperazine rings is 1. The molecule has 2 saturated heterocycles. The summed E-state index contributed by atoms with van der Waals surface area (Å²) in [5, 5.41) is 2.81. The Bertz CT molecular complexity index is 942. The molecular weight excluding hydrogens is 436 g/mol. The Morgan fingerprint density at radius 3 is 2.52 bits per heavy atom. The topological polar surface area (TPSA) is 117 Å². The number of nitrogens with zero attached hydrogens (tertiary/aromatic N) is 3. The molecule has 1 aromatic rings. The summed E-state index contributed by atoms with van der Waals surface area (Å²) in [7, 11) is -4.67. The average Bonchev–Trinajstić information content (AvgIpc) is 3.00. The van der Waals surface area contributed by atoms with Crippen LogP contribution in [0.25, 0.3) is 0 Å². The van der Waals surface area contributed by atoms with Crippen LogP contribution in [0.2, 0.25) is 0 Å².